The number of ketones is 1. The zero-order chi connectivity index (χ0) is 15.4. The van der Waals surface area contributed by atoms with Crippen LogP contribution in [0.25, 0.3) is 0 Å². The molecule has 0 unspecified atom stereocenters. The summed E-state index contributed by atoms with van der Waals surface area (Å²) in [6, 6.07) is 10.8. The van der Waals surface area contributed by atoms with Crippen molar-refractivity contribution in [3.05, 3.63) is 57.8 Å². The number of hydrogen-bond acceptors (Lipinski definition) is 4. The zero-order valence-electron chi connectivity index (χ0n) is 12.6. The summed E-state index contributed by atoms with van der Waals surface area (Å²) >= 11 is 1.39. The Bertz CT molecular complexity index is 667. The fraction of sp³-hybridized carbons (Fsp3) is 0.294. The van der Waals surface area contributed by atoms with E-state index in [0.29, 0.717) is 16.0 Å². The number of rotatable bonds is 4. The third-order valence-corrected chi connectivity index (χ3v) is 4.66. The minimum absolute atomic E-state index is 0. The Morgan fingerprint density at radius 2 is 1.91 bits per heavy atom. The van der Waals surface area contributed by atoms with Crippen molar-refractivity contribution in [1.82, 2.24) is 10.6 Å². The Morgan fingerprint density at radius 3 is 2.57 bits per heavy atom. The molecule has 1 aromatic heterocycles. The summed E-state index contributed by atoms with van der Waals surface area (Å²) in [6.07, 6.45) is 2.03. The van der Waals surface area contributed by atoms with E-state index in [1.54, 1.807) is 30.3 Å². The summed E-state index contributed by atoms with van der Waals surface area (Å²) in [4.78, 5) is 25.7. The van der Waals surface area contributed by atoms with Gasteiger partial charge in [-0.25, -0.2) is 0 Å². The second kappa shape index (κ2) is 8.24. The van der Waals surface area contributed by atoms with E-state index in [1.807, 2.05) is 11.4 Å². The molecule has 0 aliphatic carbocycles. The number of benzene rings is 1. The van der Waals surface area contributed by atoms with Crippen LogP contribution in [0.1, 0.15) is 38.4 Å². The summed E-state index contributed by atoms with van der Waals surface area (Å²) < 4.78 is 0. The molecule has 122 valence electrons. The molecule has 1 aromatic carbocycles. The number of halogens is 1. The molecule has 0 radical (unpaired) electrons. The van der Waals surface area contributed by atoms with Gasteiger partial charge in [0.15, 0.2) is 0 Å². The van der Waals surface area contributed by atoms with Gasteiger partial charge in [-0.05, 0) is 36.9 Å². The normalized spacial score (nSPS) is 17.1. The maximum absolute atomic E-state index is 12.5. The number of thiophene rings is 1. The Hall–Kier alpha value is -1.69. The van der Waals surface area contributed by atoms with Crippen LogP contribution in [0, 0.1) is 0 Å². The molecule has 4 nitrogen and oxygen atoms in total. The van der Waals surface area contributed by atoms with Crippen LogP contribution in [0.15, 0.2) is 41.8 Å². The maximum atomic E-state index is 12.5. The van der Waals surface area contributed by atoms with Gasteiger partial charge in [-0.15, -0.1) is 23.7 Å². The van der Waals surface area contributed by atoms with Crippen molar-refractivity contribution in [2.45, 2.75) is 18.9 Å². The molecule has 1 amide bonds. The maximum Gasteiger partial charge on any atom is 0.252 e. The van der Waals surface area contributed by atoms with Gasteiger partial charge in [0, 0.05) is 18.2 Å². The van der Waals surface area contributed by atoms with Crippen LogP contribution in [-0.2, 0) is 0 Å². The van der Waals surface area contributed by atoms with E-state index in [9.17, 15) is 9.59 Å². The first kappa shape index (κ1) is 17.7. The molecule has 3 rings (SSSR count). The Balaban J connectivity index is 0.00000192. The lowest BCUT2D eigenvalue weighted by Gasteiger charge is -2.24. The smallest absolute Gasteiger partial charge is 0.252 e. The van der Waals surface area contributed by atoms with Crippen molar-refractivity contribution < 1.29 is 9.59 Å². The van der Waals surface area contributed by atoms with E-state index in [0.717, 1.165) is 25.9 Å². The Kier molecular flexibility index (Phi) is 6.33. The fourth-order valence-corrected chi connectivity index (χ4v) is 3.34. The van der Waals surface area contributed by atoms with Gasteiger partial charge in [-0.3, -0.25) is 9.59 Å². The summed E-state index contributed by atoms with van der Waals surface area (Å²) in [7, 11) is 0. The molecule has 23 heavy (non-hydrogen) atoms. The lowest BCUT2D eigenvalue weighted by atomic mass is 10.0. The molecule has 1 atom stereocenters. The molecular formula is C17H19ClN2O2S. The molecule has 0 bridgehead atoms. The number of nitrogens with one attached hydrogen (secondary N) is 2. The van der Waals surface area contributed by atoms with Crippen molar-refractivity contribution in [3.63, 3.8) is 0 Å². The van der Waals surface area contributed by atoms with Crippen LogP contribution in [0.4, 0.5) is 0 Å². The first-order valence-electron chi connectivity index (χ1n) is 7.44. The third kappa shape index (κ3) is 4.19. The van der Waals surface area contributed by atoms with Crippen LogP contribution < -0.4 is 10.6 Å². The highest BCUT2D eigenvalue weighted by Crippen LogP contribution is 2.18. The number of amides is 1. The summed E-state index contributed by atoms with van der Waals surface area (Å²) in [5.74, 6) is -0.267. The van der Waals surface area contributed by atoms with Gasteiger partial charge in [0.2, 0.25) is 5.78 Å². The van der Waals surface area contributed by atoms with Gasteiger partial charge >= 0.3 is 0 Å². The third-order valence-electron chi connectivity index (χ3n) is 3.79. The second-order valence-electron chi connectivity index (χ2n) is 5.37. The van der Waals surface area contributed by atoms with Crippen LogP contribution in [0.2, 0.25) is 0 Å². The van der Waals surface area contributed by atoms with E-state index in [2.05, 4.69) is 10.6 Å². The highest BCUT2D eigenvalue weighted by atomic mass is 35.5. The molecule has 1 fully saturated rings. The predicted octanol–water partition coefficient (Wildman–Crippen LogP) is 2.88. The van der Waals surface area contributed by atoms with E-state index < -0.39 is 0 Å². The summed E-state index contributed by atoms with van der Waals surface area (Å²) in [5.41, 5.74) is 0.915. The Labute approximate surface area is 145 Å². The van der Waals surface area contributed by atoms with Gasteiger partial charge in [-0.2, -0.15) is 0 Å². The number of carbonyl (C=O) groups is 2. The van der Waals surface area contributed by atoms with Crippen molar-refractivity contribution in [2.75, 3.05) is 13.1 Å². The lowest BCUT2D eigenvalue weighted by Crippen LogP contribution is -2.45. The molecular weight excluding hydrogens is 332 g/mol. The van der Waals surface area contributed by atoms with Gasteiger partial charge in [0.05, 0.1) is 10.4 Å². The topological polar surface area (TPSA) is 58.2 Å². The highest BCUT2D eigenvalue weighted by molar-refractivity contribution is 7.12. The van der Waals surface area contributed by atoms with Gasteiger partial charge in [0.1, 0.15) is 0 Å². The first-order chi connectivity index (χ1) is 10.8. The molecule has 2 aromatic rings. The van der Waals surface area contributed by atoms with E-state index >= 15 is 0 Å². The van der Waals surface area contributed by atoms with Gasteiger partial charge in [0.25, 0.3) is 5.91 Å². The summed E-state index contributed by atoms with van der Waals surface area (Å²) in [5, 5.41) is 8.16. The monoisotopic (exact) mass is 350 g/mol. The Morgan fingerprint density at radius 1 is 1.13 bits per heavy atom. The van der Waals surface area contributed by atoms with Crippen LogP contribution in [0.3, 0.4) is 0 Å². The van der Waals surface area contributed by atoms with E-state index in [1.165, 1.54) is 11.3 Å². The largest absolute Gasteiger partial charge is 0.348 e. The molecule has 1 saturated heterocycles. The lowest BCUT2D eigenvalue weighted by molar-refractivity contribution is 0.0921. The van der Waals surface area contributed by atoms with Crippen LogP contribution in [0.5, 0.6) is 0 Å². The zero-order valence-corrected chi connectivity index (χ0v) is 14.2. The highest BCUT2D eigenvalue weighted by Gasteiger charge is 2.21. The van der Waals surface area contributed by atoms with Crippen LogP contribution in [-0.4, -0.2) is 30.8 Å². The molecule has 6 heteroatoms. The quantitative estimate of drug-likeness (QED) is 0.834. The van der Waals surface area contributed by atoms with Crippen molar-refractivity contribution >= 4 is 35.4 Å². The molecule has 0 spiro atoms. The van der Waals surface area contributed by atoms with Crippen molar-refractivity contribution in [3.8, 4) is 0 Å². The first-order valence-corrected chi connectivity index (χ1v) is 8.32. The molecule has 0 saturated carbocycles. The second-order valence-corrected chi connectivity index (χ2v) is 6.32. The molecule has 1 aliphatic heterocycles. The summed E-state index contributed by atoms with van der Waals surface area (Å²) in [6.45, 7) is 1.78. The number of carbonyl (C=O) groups excluding carboxylic acids is 2. The standard InChI is InChI=1S/C17H18N2O2S.ClH/c20-16(15-8-4-10-22-15)13-6-1-2-7-14(13)17(21)19-12-5-3-9-18-11-12;/h1-2,4,6-8,10,12,18H,3,5,9,11H2,(H,19,21);1H/t12-;/m0./s1. The molecule has 2 heterocycles. The molecule has 1 aliphatic rings. The van der Waals surface area contributed by atoms with Crippen LogP contribution >= 0.6 is 23.7 Å². The SMILES string of the molecule is Cl.O=C(N[C@H]1CCCNC1)c1ccccc1C(=O)c1cccs1. The van der Waals surface area contributed by atoms with Crippen molar-refractivity contribution in [2.24, 2.45) is 0 Å². The number of hydrogen-bond donors (Lipinski definition) is 2. The van der Waals surface area contributed by atoms with Gasteiger partial charge in [-0.1, -0.05) is 24.3 Å². The average Bonchev–Trinajstić information content (AvgIpc) is 3.09. The van der Waals surface area contributed by atoms with Gasteiger partial charge < -0.3 is 10.6 Å². The van der Waals surface area contributed by atoms with E-state index in [4.69, 9.17) is 0 Å². The van der Waals surface area contributed by atoms with Crippen molar-refractivity contribution in [1.29, 1.82) is 0 Å². The van der Waals surface area contributed by atoms with E-state index in [-0.39, 0.29) is 30.1 Å². The minimum atomic E-state index is -0.172. The fourth-order valence-electron chi connectivity index (χ4n) is 2.66. The predicted molar refractivity (Wildman–Crippen MR) is 94.8 cm³/mol. The average molecular weight is 351 g/mol. The molecule has 2 N–H and O–H groups in total. The number of piperidine rings is 1. The minimum Gasteiger partial charge on any atom is -0.348 e.